The van der Waals surface area contributed by atoms with Crippen LogP contribution in [0.3, 0.4) is 0 Å². The van der Waals surface area contributed by atoms with Crippen LogP contribution in [0, 0.1) is 0 Å². The van der Waals surface area contributed by atoms with Crippen LogP contribution >= 0.6 is 11.6 Å². The fraction of sp³-hybridized carbons (Fsp3) is 0.455. The first-order chi connectivity index (χ1) is 9.25. The van der Waals surface area contributed by atoms with Crippen LogP contribution in [-0.2, 0) is 14.8 Å². The molecular formula is C11H16ClN3O4S. The van der Waals surface area contributed by atoms with E-state index in [0.717, 1.165) is 4.31 Å². The number of carbonyl (C=O) groups is 1. The number of hydrogen-bond donors (Lipinski definition) is 1. The number of hydrogen-bond acceptors (Lipinski definition) is 5. The van der Waals surface area contributed by atoms with Gasteiger partial charge in [0.2, 0.25) is 10.0 Å². The van der Waals surface area contributed by atoms with Crippen LogP contribution in [0.25, 0.3) is 0 Å². The van der Waals surface area contributed by atoms with Crippen LogP contribution in [0.4, 0.5) is 0 Å². The number of pyridine rings is 1. The number of sulfonamides is 1. The summed E-state index contributed by atoms with van der Waals surface area (Å²) in [6.07, 6.45) is 1.36. The number of aromatic nitrogens is 1. The molecule has 9 heteroatoms. The minimum Gasteiger partial charge on any atom is -0.480 e. The molecule has 0 aliphatic carbocycles. The lowest BCUT2D eigenvalue weighted by Gasteiger charge is -2.22. The molecule has 0 aromatic carbocycles. The van der Waals surface area contributed by atoms with Crippen molar-refractivity contribution in [3.8, 4) is 0 Å². The highest BCUT2D eigenvalue weighted by atomic mass is 35.5. The van der Waals surface area contributed by atoms with E-state index in [1.807, 2.05) is 0 Å². The quantitative estimate of drug-likeness (QED) is 0.730. The van der Waals surface area contributed by atoms with E-state index in [4.69, 9.17) is 16.7 Å². The molecule has 1 N–H and O–H groups in total. The highest BCUT2D eigenvalue weighted by Gasteiger charge is 2.28. The van der Waals surface area contributed by atoms with E-state index in [9.17, 15) is 13.2 Å². The second-order valence-electron chi connectivity index (χ2n) is 4.33. The van der Waals surface area contributed by atoms with E-state index in [-0.39, 0.29) is 16.6 Å². The van der Waals surface area contributed by atoms with Crippen molar-refractivity contribution in [1.29, 1.82) is 0 Å². The third-order valence-electron chi connectivity index (χ3n) is 2.45. The maximum absolute atomic E-state index is 12.4. The lowest BCUT2D eigenvalue weighted by atomic mass is 10.5. The molecule has 0 radical (unpaired) electrons. The summed E-state index contributed by atoms with van der Waals surface area (Å²) in [6.45, 7) is -0.182. The van der Waals surface area contributed by atoms with Crippen LogP contribution in [0.15, 0.2) is 23.2 Å². The van der Waals surface area contributed by atoms with Gasteiger partial charge in [-0.15, -0.1) is 0 Å². The molecule has 1 aromatic heterocycles. The lowest BCUT2D eigenvalue weighted by Crippen LogP contribution is -2.40. The van der Waals surface area contributed by atoms with Crippen molar-refractivity contribution in [3.05, 3.63) is 23.5 Å². The third-order valence-corrected chi connectivity index (χ3v) is 4.74. The summed E-state index contributed by atoms with van der Waals surface area (Å²) in [5.41, 5.74) is 0. The summed E-state index contributed by atoms with van der Waals surface area (Å²) in [6, 6.07) is 2.73. The first-order valence-electron chi connectivity index (χ1n) is 5.72. The van der Waals surface area contributed by atoms with Crippen molar-refractivity contribution in [2.45, 2.75) is 4.90 Å². The van der Waals surface area contributed by atoms with Gasteiger partial charge >= 0.3 is 5.97 Å². The first-order valence-corrected chi connectivity index (χ1v) is 7.54. The fourth-order valence-corrected chi connectivity index (χ4v) is 3.26. The van der Waals surface area contributed by atoms with Crippen molar-refractivity contribution >= 4 is 27.6 Å². The molecule has 7 nitrogen and oxygen atoms in total. The Morgan fingerprint density at radius 1 is 1.40 bits per heavy atom. The molecule has 0 aliphatic heterocycles. The van der Waals surface area contributed by atoms with Crippen molar-refractivity contribution in [2.75, 3.05) is 33.7 Å². The number of carboxylic acid groups (broad SMARTS) is 1. The summed E-state index contributed by atoms with van der Waals surface area (Å²) in [5.74, 6) is -1.23. The predicted octanol–water partition coefficient (Wildman–Crippen LogP) is 0.372. The Morgan fingerprint density at radius 3 is 2.55 bits per heavy atom. The van der Waals surface area contributed by atoms with Crippen LogP contribution in [0.2, 0.25) is 5.15 Å². The van der Waals surface area contributed by atoms with Gasteiger partial charge in [-0.2, -0.15) is 4.31 Å². The van der Waals surface area contributed by atoms with Gasteiger partial charge in [0, 0.05) is 19.3 Å². The van der Waals surface area contributed by atoms with E-state index in [1.165, 1.54) is 18.3 Å². The molecule has 0 amide bonds. The lowest BCUT2D eigenvalue weighted by molar-refractivity contribution is -0.137. The molecule has 0 atom stereocenters. The fourth-order valence-electron chi connectivity index (χ4n) is 1.45. The van der Waals surface area contributed by atoms with Crippen molar-refractivity contribution in [2.24, 2.45) is 0 Å². The third kappa shape index (κ3) is 4.41. The molecule has 0 fully saturated rings. The van der Waals surface area contributed by atoms with Gasteiger partial charge < -0.3 is 10.0 Å². The highest BCUT2D eigenvalue weighted by Crippen LogP contribution is 2.21. The molecule has 0 unspecified atom stereocenters. The summed E-state index contributed by atoms with van der Waals surface area (Å²) in [7, 11) is -0.458. The van der Waals surface area contributed by atoms with E-state index in [1.54, 1.807) is 19.0 Å². The Bertz CT molecular complexity index is 577. The molecule has 0 bridgehead atoms. The van der Waals surface area contributed by atoms with Gasteiger partial charge in [0.25, 0.3) is 0 Å². The zero-order valence-electron chi connectivity index (χ0n) is 11.2. The molecular weight excluding hydrogens is 306 g/mol. The van der Waals surface area contributed by atoms with Gasteiger partial charge in [0.15, 0.2) is 0 Å². The minimum absolute atomic E-state index is 0.0485. The van der Waals surface area contributed by atoms with E-state index >= 15 is 0 Å². The monoisotopic (exact) mass is 321 g/mol. The van der Waals surface area contributed by atoms with Gasteiger partial charge in [-0.3, -0.25) is 4.79 Å². The number of aliphatic carboxylic acids is 1. The molecule has 1 rings (SSSR count). The zero-order valence-corrected chi connectivity index (χ0v) is 12.7. The maximum Gasteiger partial charge on any atom is 0.318 e. The summed E-state index contributed by atoms with van der Waals surface area (Å²) in [5, 5.41) is 8.69. The van der Waals surface area contributed by atoms with Gasteiger partial charge in [0.05, 0.1) is 0 Å². The van der Waals surface area contributed by atoms with Crippen LogP contribution in [-0.4, -0.2) is 67.4 Å². The molecule has 0 aliphatic rings. The maximum atomic E-state index is 12.4. The van der Waals surface area contributed by atoms with Crippen LogP contribution in [0.5, 0.6) is 0 Å². The van der Waals surface area contributed by atoms with E-state index in [0.29, 0.717) is 6.54 Å². The number of carboxylic acids is 1. The smallest absolute Gasteiger partial charge is 0.318 e. The molecule has 1 heterocycles. The molecule has 112 valence electrons. The highest BCUT2D eigenvalue weighted by molar-refractivity contribution is 7.89. The van der Waals surface area contributed by atoms with Gasteiger partial charge in [-0.05, 0) is 26.2 Å². The number of rotatable bonds is 7. The predicted molar refractivity (Wildman–Crippen MR) is 74.2 cm³/mol. The average molecular weight is 322 g/mol. The van der Waals surface area contributed by atoms with Crippen LogP contribution < -0.4 is 0 Å². The van der Waals surface area contributed by atoms with Crippen molar-refractivity contribution in [1.82, 2.24) is 14.2 Å². The normalized spacial score (nSPS) is 12.1. The Kier molecular flexibility index (Phi) is 5.88. The summed E-state index contributed by atoms with van der Waals surface area (Å²) < 4.78 is 25.7. The van der Waals surface area contributed by atoms with Gasteiger partial charge in [-0.25, -0.2) is 13.4 Å². The van der Waals surface area contributed by atoms with Crippen molar-refractivity contribution < 1.29 is 18.3 Å². The molecule has 0 saturated heterocycles. The Labute approximate surface area is 122 Å². The molecule has 0 saturated carbocycles. The second-order valence-corrected chi connectivity index (χ2v) is 6.59. The number of nitrogens with zero attached hydrogens (tertiary/aromatic N) is 3. The van der Waals surface area contributed by atoms with Crippen molar-refractivity contribution in [3.63, 3.8) is 0 Å². The largest absolute Gasteiger partial charge is 0.480 e. The van der Waals surface area contributed by atoms with Crippen LogP contribution in [0.1, 0.15) is 0 Å². The van der Waals surface area contributed by atoms with E-state index in [2.05, 4.69) is 4.98 Å². The Hall–Kier alpha value is -1.22. The SMILES string of the molecule is CN(C)CCN(CC(=O)O)S(=O)(=O)c1cccnc1Cl. The minimum atomic E-state index is -3.99. The Balaban J connectivity index is 3.10. The summed E-state index contributed by atoms with van der Waals surface area (Å²) >= 11 is 5.78. The topological polar surface area (TPSA) is 90.8 Å². The summed E-state index contributed by atoms with van der Waals surface area (Å²) in [4.78, 5) is 16.1. The van der Waals surface area contributed by atoms with E-state index < -0.39 is 22.5 Å². The first kappa shape index (κ1) is 16.8. The molecule has 0 spiro atoms. The number of halogens is 1. The van der Waals surface area contributed by atoms with Gasteiger partial charge in [0.1, 0.15) is 16.6 Å². The average Bonchev–Trinajstić information content (AvgIpc) is 2.34. The zero-order chi connectivity index (χ0) is 15.3. The number of likely N-dealkylation sites (N-methyl/N-ethyl adjacent to an activating group) is 1. The van der Waals surface area contributed by atoms with Gasteiger partial charge in [-0.1, -0.05) is 11.6 Å². The standard InChI is InChI=1S/C11H16ClN3O4S/c1-14(2)6-7-15(8-10(16)17)20(18,19)9-4-3-5-13-11(9)12/h3-5H,6-8H2,1-2H3,(H,16,17). The molecule has 20 heavy (non-hydrogen) atoms. The molecule has 1 aromatic rings. The Morgan fingerprint density at radius 2 is 2.05 bits per heavy atom. The second kappa shape index (κ2) is 6.98.